The van der Waals surface area contributed by atoms with Gasteiger partial charge >= 0.3 is 12.1 Å². The molecule has 1 amide bonds. The molecule has 0 saturated heterocycles. The van der Waals surface area contributed by atoms with Crippen LogP contribution in [0.3, 0.4) is 0 Å². The van der Waals surface area contributed by atoms with Crippen LogP contribution >= 0.6 is 0 Å². The Labute approximate surface area is 227 Å². The summed E-state index contributed by atoms with van der Waals surface area (Å²) in [4.78, 5) is 31.3. The lowest BCUT2D eigenvalue weighted by atomic mass is 9.82. The topological polar surface area (TPSA) is 93.9 Å². The second-order valence-corrected chi connectivity index (χ2v) is 11.3. The SMILES string of the molecule is COC(=O)N1c2ccc3c(nc(C(C)(C)c4ccc(OC)c(F)c4)n3C3CCC(C(=O)O)CC3)c2CC[C@@H]1C. The Hall–Kier alpha value is -3.62. The highest BCUT2D eigenvalue weighted by atomic mass is 19.1. The van der Waals surface area contributed by atoms with E-state index in [9.17, 15) is 19.1 Å². The molecule has 2 aliphatic rings. The second-order valence-electron chi connectivity index (χ2n) is 11.3. The minimum Gasteiger partial charge on any atom is -0.494 e. The smallest absolute Gasteiger partial charge is 0.414 e. The lowest BCUT2D eigenvalue weighted by molar-refractivity contribution is -0.143. The zero-order chi connectivity index (χ0) is 28.1. The summed E-state index contributed by atoms with van der Waals surface area (Å²) in [6, 6.07) is 9.02. The summed E-state index contributed by atoms with van der Waals surface area (Å²) in [6.45, 7) is 6.07. The Balaban J connectivity index is 1.70. The van der Waals surface area contributed by atoms with Crippen LogP contribution in [0.4, 0.5) is 14.9 Å². The molecule has 1 aromatic heterocycles. The third-order valence-corrected chi connectivity index (χ3v) is 8.67. The highest BCUT2D eigenvalue weighted by Crippen LogP contribution is 2.44. The Kier molecular flexibility index (Phi) is 7.03. The first-order valence-corrected chi connectivity index (χ1v) is 13.6. The van der Waals surface area contributed by atoms with Crippen molar-refractivity contribution in [2.75, 3.05) is 19.1 Å². The lowest BCUT2D eigenvalue weighted by Crippen LogP contribution is -2.42. The maximum Gasteiger partial charge on any atom is 0.414 e. The minimum atomic E-state index is -0.746. The highest BCUT2D eigenvalue weighted by Gasteiger charge is 2.37. The van der Waals surface area contributed by atoms with E-state index >= 15 is 0 Å². The number of carboxylic acid groups (broad SMARTS) is 1. The van der Waals surface area contributed by atoms with Gasteiger partial charge in [-0.15, -0.1) is 0 Å². The molecular formula is C30H36FN3O5. The van der Waals surface area contributed by atoms with Crippen molar-refractivity contribution in [3.63, 3.8) is 0 Å². The number of aliphatic carboxylic acids is 1. The van der Waals surface area contributed by atoms with E-state index < -0.39 is 23.3 Å². The number of fused-ring (bicyclic) bond motifs is 3. The average Bonchev–Trinajstić information content (AvgIpc) is 3.33. The van der Waals surface area contributed by atoms with Crippen molar-refractivity contribution in [3.05, 3.63) is 53.1 Å². The molecule has 0 bridgehead atoms. The molecule has 3 aromatic rings. The molecular weight excluding hydrogens is 501 g/mol. The Morgan fingerprint density at radius 2 is 1.79 bits per heavy atom. The second kappa shape index (κ2) is 10.2. The van der Waals surface area contributed by atoms with Crippen LogP contribution in [0.25, 0.3) is 11.0 Å². The number of amides is 1. The third kappa shape index (κ3) is 4.51. The number of benzene rings is 2. The van der Waals surface area contributed by atoms with Crippen molar-refractivity contribution < 1.29 is 28.6 Å². The fourth-order valence-corrected chi connectivity index (χ4v) is 6.35. The number of methoxy groups -OCH3 is 2. The first-order chi connectivity index (χ1) is 18.6. The molecule has 1 aliphatic heterocycles. The fraction of sp³-hybridized carbons (Fsp3) is 0.500. The molecule has 39 heavy (non-hydrogen) atoms. The Morgan fingerprint density at radius 3 is 2.41 bits per heavy atom. The molecule has 1 saturated carbocycles. The largest absolute Gasteiger partial charge is 0.494 e. The molecule has 5 rings (SSSR count). The number of ether oxygens (including phenoxy) is 2. The number of aromatic nitrogens is 2. The van der Waals surface area contributed by atoms with E-state index in [0.29, 0.717) is 25.7 Å². The van der Waals surface area contributed by atoms with Crippen molar-refractivity contribution >= 4 is 28.8 Å². The van der Waals surface area contributed by atoms with Crippen LogP contribution in [0, 0.1) is 11.7 Å². The number of nitrogens with zero attached hydrogens (tertiary/aromatic N) is 3. The Bertz CT molecular complexity index is 1420. The van der Waals surface area contributed by atoms with Gasteiger partial charge in [0, 0.05) is 23.1 Å². The molecule has 9 heteroatoms. The molecule has 208 valence electrons. The summed E-state index contributed by atoms with van der Waals surface area (Å²) in [5.74, 6) is -0.554. The monoisotopic (exact) mass is 537 g/mol. The summed E-state index contributed by atoms with van der Waals surface area (Å²) in [7, 11) is 2.83. The van der Waals surface area contributed by atoms with Gasteiger partial charge in [0.2, 0.25) is 0 Å². The van der Waals surface area contributed by atoms with Crippen molar-refractivity contribution in [3.8, 4) is 5.75 Å². The predicted molar refractivity (Wildman–Crippen MR) is 146 cm³/mol. The zero-order valence-corrected chi connectivity index (χ0v) is 23.2. The molecule has 1 aliphatic carbocycles. The molecule has 2 aromatic carbocycles. The number of aryl methyl sites for hydroxylation is 1. The number of rotatable bonds is 5. The first kappa shape index (κ1) is 27.0. The van der Waals surface area contributed by atoms with E-state index in [4.69, 9.17) is 14.5 Å². The first-order valence-electron chi connectivity index (χ1n) is 13.6. The van der Waals surface area contributed by atoms with E-state index in [1.165, 1.54) is 20.3 Å². The standard InChI is InChI=1S/C30H36FN3O5/c1-17-6-12-21-23(33(17)29(37)39-5)13-14-24-26(21)32-28(34(24)20-10-7-18(8-11-20)27(35)36)30(2,3)19-9-15-25(38-4)22(31)16-19/h9,13-18,20H,6-8,10-12H2,1-5H3,(H,35,36)/t17-,18?,20?/m0/s1. The van der Waals surface area contributed by atoms with Gasteiger partial charge in [0.1, 0.15) is 5.82 Å². The fourth-order valence-electron chi connectivity index (χ4n) is 6.35. The van der Waals surface area contributed by atoms with Crippen LogP contribution in [0.1, 0.15) is 75.9 Å². The number of imidazole rings is 1. The molecule has 1 atom stereocenters. The van der Waals surface area contributed by atoms with Crippen LogP contribution in [-0.4, -0.2) is 47.0 Å². The van der Waals surface area contributed by atoms with E-state index in [0.717, 1.165) is 46.5 Å². The van der Waals surface area contributed by atoms with Crippen molar-refractivity contribution in [1.29, 1.82) is 0 Å². The van der Waals surface area contributed by atoms with Crippen LogP contribution in [0.15, 0.2) is 30.3 Å². The molecule has 0 unspecified atom stereocenters. The molecule has 1 N–H and O–H groups in total. The van der Waals surface area contributed by atoms with Crippen molar-refractivity contribution in [1.82, 2.24) is 9.55 Å². The third-order valence-electron chi connectivity index (χ3n) is 8.67. The highest BCUT2D eigenvalue weighted by molar-refractivity contribution is 5.95. The van der Waals surface area contributed by atoms with Gasteiger partial charge in [0.15, 0.2) is 11.6 Å². The number of carboxylic acids is 1. The average molecular weight is 538 g/mol. The van der Waals surface area contributed by atoms with Crippen LogP contribution in [-0.2, 0) is 21.4 Å². The number of carbonyl (C=O) groups excluding carboxylic acids is 1. The maximum atomic E-state index is 14.8. The van der Waals surface area contributed by atoms with Gasteiger partial charge in [-0.3, -0.25) is 9.69 Å². The number of hydrogen-bond donors (Lipinski definition) is 1. The summed E-state index contributed by atoms with van der Waals surface area (Å²) >= 11 is 0. The van der Waals surface area contributed by atoms with Crippen LogP contribution in [0.2, 0.25) is 0 Å². The lowest BCUT2D eigenvalue weighted by Gasteiger charge is -2.34. The molecule has 0 spiro atoms. The maximum absolute atomic E-state index is 14.8. The summed E-state index contributed by atoms with van der Waals surface area (Å²) in [5.41, 5.74) is 3.65. The van der Waals surface area contributed by atoms with Gasteiger partial charge in [-0.05, 0) is 89.1 Å². The Morgan fingerprint density at radius 1 is 1.08 bits per heavy atom. The normalized spacial score (nSPS) is 21.5. The van der Waals surface area contributed by atoms with Crippen molar-refractivity contribution in [2.24, 2.45) is 5.92 Å². The van der Waals surface area contributed by atoms with E-state index in [1.807, 2.05) is 39.0 Å². The number of hydrogen-bond acceptors (Lipinski definition) is 5. The molecule has 8 nitrogen and oxygen atoms in total. The predicted octanol–water partition coefficient (Wildman–Crippen LogP) is 6.23. The quantitative estimate of drug-likeness (QED) is 0.415. The van der Waals surface area contributed by atoms with Crippen LogP contribution < -0.4 is 9.64 Å². The van der Waals surface area contributed by atoms with Gasteiger partial charge < -0.3 is 19.1 Å². The summed E-state index contributed by atoms with van der Waals surface area (Å²) in [6.07, 6.45) is 3.75. The summed E-state index contributed by atoms with van der Waals surface area (Å²) < 4.78 is 27.3. The van der Waals surface area contributed by atoms with Gasteiger partial charge in [0.05, 0.1) is 36.9 Å². The van der Waals surface area contributed by atoms with Crippen LogP contribution in [0.5, 0.6) is 5.75 Å². The number of carbonyl (C=O) groups is 2. The zero-order valence-electron chi connectivity index (χ0n) is 23.2. The number of halogens is 1. The minimum absolute atomic E-state index is 0.00559. The summed E-state index contributed by atoms with van der Waals surface area (Å²) in [5, 5.41) is 9.56. The van der Waals surface area contributed by atoms with E-state index in [-0.39, 0.29) is 23.8 Å². The molecule has 2 heterocycles. The van der Waals surface area contributed by atoms with Gasteiger partial charge in [-0.1, -0.05) is 6.07 Å². The van der Waals surface area contributed by atoms with Gasteiger partial charge in [-0.25, -0.2) is 14.2 Å². The molecule has 1 fully saturated rings. The van der Waals surface area contributed by atoms with Gasteiger partial charge in [0.25, 0.3) is 0 Å². The molecule has 0 radical (unpaired) electrons. The van der Waals surface area contributed by atoms with E-state index in [2.05, 4.69) is 4.57 Å². The van der Waals surface area contributed by atoms with E-state index in [1.54, 1.807) is 11.0 Å². The van der Waals surface area contributed by atoms with Gasteiger partial charge in [-0.2, -0.15) is 0 Å². The van der Waals surface area contributed by atoms with Crippen molar-refractivity contribution in [2.45, 2.75) is 76.8 Å². The number of anilines is 1.